The molecular formula is C8H13F4N3O. The first-order valence-corrected chi connectivity index (χ1v) is 4.81. The highest BCUT2D eigenvalue weighted by Crippen LogP contribution is 2.21. The van der Waals surface area contributed by atoms with Gasteiger partial charge in [-0.25, -0.2) is 8.78 Å². The number of hydrogen-bond acceptors (Lipinski definition) is 3. The lowest BCUT2D eigenvalue weighted by molar-refractivity contribution is -0.137. The molecule has 1 fully saturated rings. The number of alkyl halides is 4. The minimum atomic E-state index is -4.18. The van der Waals surface area contributed by atoms with Gasteiger partial charge in [-0.15, -0.1) is 0 Å². The molecule has 0 aromatic rings. The summed E-state index contributed by atoms with van der Waals surface area (Å²) in [6.07, 6.45) is -3.77. The highest BCUT2D eigenvalue weighted by Gasteiger charge is 2.41. The van der Waals surface area contributed by atoms with E-state index in [4.69, 9.17) is 0 Å². The Balaban J connectivity index is 2.34. The molecule has 0 saturated carbocycles. The first-order chi connectivity index (χ1) is 7.43. The summed E-state index contributed by atoms with van der Waals surface area (Å²) in [7, 11) is 0. The molecule has 16 heavy (non-hydrogen) atoms. The number of carbonyl (C=O) groups is 1. The number of halogens is 4. The Kier molecular flexibility index (Phi) is 4.48. The van der Waals surface area contributed by atoms with Gasteiger partial charge in [-0.05, 0) is 0 Å². The molecule has 1 aliphatic rings. The van der Waals surface area contributed by atoms with E-state index in [0.717, 1.165) is 0 Å². The van der Waals surface area contributed by atoms with Crippen LogP contribution >= 0.6 is 0 Å². The lowest BCUT2D eigenvalue weighted by atomic mass is 10.2. The van der Waals surface area contributed by atoms with Crippen molar-refractivity contribution in [1.82, 2.24) is 16.0 Å². The van der Waals surface area contributed by atoms with E-state index in [2.05, 4.69) is 10.6 Å². The van der Waals surface area contributed by atoms with Crippen LogP contribution in [0.2, 0.25) is 0 Å². The van der Waals surface area contributed by atoms with Gasteiger partial charge >= 0.3 is 12.3 Å². The summed E-state index contributed by atoms with van der Waals surface area (Å²) in [5.41, 5.74) is 0. The van der Waals surface area contributed by atoms with Crippen molar-refractivity contribution in [2.45, 2.75) is 18.4 Å². The molecule has 0 aromatic carbocycles. The van der Waals surface area contributed by atoms with Crippen molar-refractivity contribution in [2.75, 3.05) is 26.2 Å². The molecule has 0 aromatic heterocycles. The van der Waals surface area contributed by atoms with Gasteiger partial charge in [0.15, 0.2) is 0 Å². The predicted molar refractivity (Wildman–Crippen MR) is 48.6 cm³/mol. The molecule has 0 radical (unpaired) electrons. The van der Waals surface area contributed by atoms with Gasteiger partial charge in [0.2, 0.25) is 5.91 Å². The zero-order valence-corrected chi connectivity index (χ0v) is 8.40. The van der Waals surface area contributed by atoms with Gasteiger partial charge in [-0.1, -0.05) is 0 Å². The van der Waals surface area contributed by atoms with Gasteiger partial charge in [-0.2, -0.15) is 8.78 Å². The van der Waals surface area contributed by atoms with E-state index in [1.165, 1.54) is 0 Å². The van der Waals surface area contributed by atoms with Gasteiger partial charge in [0.25, 0.3) is 0 Å². The molecule has 1 aliphatic heterocycles. The summed E-state index contributed by atoms with van der Waals surface area (Å²) in [6, 6.07) is -0.651. The van der Waals surface area contributed by atoms with Crippen LogP contribution in [0.4, 0.5) is 17.6 Å². The van der Waals surface area contributed by atoms with E-state index in [1.807, 2.05) is 0 Å². The maximum atomic E-state index is 12.5. The Morgan fingerprint density at radius 1 is 1.44 bits per heavy atom. The second-order valence-electron chi connectivity index (χ2n) is 3.49. The molecule has 8 heteroatoms. The van der Waals surface area contributed by atoms with Crippen LogP contribution in [-0.4, -0.2) is 50.5 Å². The van der Waals surface area contributed by atoms with Crippen LogP contribution in [0.15, 0.2) is 0 Å². The Labute approximate surface area is 89.8 Å². The number of carbonyl (C=O) groups excluding carboxylic acids is 1. The zero-order chi connectivity index (χ0) is 12.2. The van der Waals surface area contributed by atoms with Crippen LogP contribution in [0.1, 0.15) is 0 Å². The molecule has 1 unspecified atom stereocenters. The van der Waals surface area contributed by atoms with Crippen molar-refractivity contribution in [3.8, 4) is 0 Å². The Bertz CT molecular complexity index is 243. The van der Waals surface area contributed by atoms with Crippen molar-refractivity contribution in [3.63, 3.8) is 0 Å². The van der Waals surface area contributed by atoms with Crippen LogP contribution < -0.4 is 16.0 Å². The van der Waals surface area contributed by atoms with E-state index in [9.17, 15) is 22.4 Å². The lowest BCUT2D eigenvalue weighted by Crippen LogP contribution is -2.57. The number of nitrogens with one attached hydrogen (secondary N) is 3. The fraction of sp³-hybridized carbons (Fsp3) is 0.875. The Morgan fingerprint density at radius 3 is 2.62 bits per heavy atom. The number of rotatable bonds is 4. The van der Waals surface area contributed by atoms with Crippen molar-refractivity contribution < 1.29 is 22.4 Å². The van der Waals surface area contributed by atoms with Gasteiger partial charge in [-0.3, -0.25) is 4.79 Å². The van der Waals surface area contributed by atoms with E-state index < -0.39 is 30.8 Å². The molecule has 4 nitrogen and oxygen atoms in total. The van der Waals surface area contributed by atoms with E-state index in [-0.39, 0.29) is 0 Å². The highest BCUT2D eigenvalue weighted by atomic mass is 19.3. The summed E-state index contributed by atoms with van der Waals surface area (Å²) < 4.78 is 48.5. The topological polar surface area (TPSA) is 53.2 Å². The average Bonchev–Trinajstić information content (AvgIpc) is 2.27. The normalized spacial score (nSPS) is 22.2. The quantitative estimate of drug-likeness (QED) is 0.587. The maximum Gasteiger partial charge on any atom is 0.324 e. The molecule has 1 rings (SSSR count). The van der Waals surface area contributed by atoms with Crippen LogP contribution in [-0.2, 0) is 4.79 Å². The first kappa shape index (κ1) is 13.2. The third-order valence-corrected chi connectivity index (χ3v) is 2.18. The highest BCUT2D eigenvalue weighted by molar-refractivity contribution is 5.82. The second-order valence-corrected chi connectivity index (χ2v) is 3.49. The molecule has 0 bridgehead atoms. The molecule has 94 valence electrons. The number of piperazine rings is 1. The number of amides is 1. The van der Waals surface area contributed by atoms with Crippen LogP contribution in [0.5, 0.6) is 0 Å². The predicted octanol–water partition coefficient (Wildman–Crippen LogP) is -0.436. The summed E-state index contributed by atoms with van der Waals surface area (Å²) in [4.78, 5) is 11.3. The fourth-order valence-electron chi connectivity index (χ4n) is 1.24. The Hall–Kier alpha value is -0.890. The van der Waals surface area contributed by atoms with Gasteiger partial charge in [0, 0.05) is 19.6 Å². The summed E-state index contributed by atoms with van der Waals surface area (Å²) in [6.45, 7) is 0.161. The zero-order valence-electron chi connectivity index (χ0n) is 8.40. The van der Waals surface area contributed by atoms with Gasteiger partial charge in [0.1, 0.15) is 0 Å². The molecule has 1 heterocycles. The monoisotopic (exact) mass is 243 g/mol. The molecule has 0 aliphatic carbocycles. The maximum absolute atomic E-state index is 12.5. The molecule has 1 saturated heterocycles. The molecule has 1 amide bonds. The van der Waals surface area contributed by atoms with Crippen LogP contribution in [0, 0.1) is 0 Å². The third-order valence-electron chi connectivity index (χ3n) is 2.18. The smallest absolute Gasteiger partial charge is 0.324 e. The molecule has 1 atom stereocenters. The Morgan fingerprint density at radius 2 is 2.12 bits per heavy atom. The lowest BCUT2D eigenvalue weighted by Gasteiger charge is -2.24. The van der Waals surface area contributed by atoms with E-state index in [1.54, 1.807) is 5.32 Å². The first-order valence-electron chi connectivity index (χ1n) is 4.81. The standard InChI is InChI=1S/C8H13F4N3O/c9-7(10)8(11,12)4-15-6(16)5-3-13-1-2-14-5/h5,7,13-14H,1-4H2,(H,15,16). The SMILES string of the molecule is O=C(NCC(F)(F)C(F)F)C1CNCCN1. The second kappa shape index (κ2) is 5.44. The van der Waals surface area contributed by atoms with Crippen molar-refractivity contribution in [1.29, 1.82) is 0 Å². The summed E-state index contributed by atoms with van der Waals surface area (Å²) in [5, 5.41) is 7.46. The van der Waals surface area contributed by atoms with Crippen molar-refractivity contribution >= 4 is 5.91 Å². The van der Waals surface area contributed by atoms with Gasteiger partial charge < -0.3 is 16.0 Å². The minimum Gasteiger partial charge on any atom is -0.348 e. The summed E-state index contributed by atoms with van der Waals surface area (Å²) >= 11 is 0. The van der Waals surface area contributed by atoms with E-state index >= 15 is 0 Å². The van der Waals surface area contributed by atoms with Crippen LogP contribution in [0.25, 0.3) is 0 Å². The third kappa shape index (κ3) is 3.60. The van der Waals surface area contributed by atoms with Gasteiger partial charge in [0.05, 0.1) is 12.6 Å². The largest absolute Gasteiger partial charge is 0.348 e. The average molecular weight is 243 g/mol. The summed E-state index contributed by atoms with van der Waals surface area (Å²) in [5.74, 6) is -4.88. The van der Waals surface area contributed by atoms with Crippen molar-refractivity contribution in [3.05, 3.63) is 0 Å². The molecule has 3 N–H and O–H groups in total. The minimum absolute atomic E-state index is 0.298. The van der Waals surface area contributed by atoms with Crippen LogP contribution in [0.3, 0.4) is 0 Å². The van der Waals surface area contributed by atoms with Crippen molar-refractivity contribution in [2.24, 2.45) is 0 Å². The number of hydrogen-bond donors (Lipinski definition) is 3. The molecule has 0 spiro atoms. The fourth-order valence-corrected chi connectivity index (χ4v) is 1.24. The molecular weight excluding hydrogens is 230 g/mol. The van der Waals surface area contributed by atoms with E-state index in [0.29, 0.717) is 19.6 Å².